The standard InChI is InChI=1S/C12H16Br3NO2S/c1-3-12(4-2,8-13)16-19(17,18)11-7-9(14)5-6-10(11)15/h5-7,16H,3-4,8H2,1-2H3. The highest BCUT2D eigenvalue weighted by atomic mass is 79.9. The number of sulfonamides is 1. The van der Waals surface area contributed by atoms with Crippen LogP contribution in [-0.2, 0) is 10.0 Å². The lowest BCUT2D eigenvalue weighted by Gasteiger charge is -2.30. The molecule has 0 spiro atoms. The molecule has 0 radical (unpaired) electrons. The molecule has 7 heteroatoms. The van der Waals surface area contributed by atoms with Gasteiger partial charge in [0.2, 0.25) is 10.0 Å². The molecule has 0 saturated carbocycles. The minimum absolute atomic E-state index is 0.245. The fourth-order valence-corrected chi connectivity index (χ4v) is 5.80. The molecule has 0 aromatic heterocycles. The van der Waals surface area contributed by atoms with Crippen LogP contribution in [0.25, 0.3) is 0 Å². The molecule has 0 aliphatic rings. The Labute approximate surface area is 140 Å². The lowest BCUT2D eigenvalue weighted by Crippen LogP contribution is -2.49. The summed E-state index contributed by atoms with van der Waals surface area (Å²) < 4.78 is 29.1. The van der Waals surface area contributed by atoms with Crippen molar-refractivity contribution < 1.29 is 8.42 Å². The van der Waals surface area contributed by atoms with Crippen LogP contribution in [0.2, 0.25) is 0 Å². The van der Waals surface area contributed by atoms with Crippen LogP contribution in [0.3, 0.4) is 0 Å². The molecule has 0 unspecified atom stereocenters. The Morgan fingerprint density at radius 2 is 1.79 bits per heavy atom. The summed E-state index contributed by atoms with van der Waals surface area (Å²) in [5, 5.41) is 0.581. The van der Waals surface area contributed by atoms with Crippen molar-refractivity contribution in [2.24, 2.45) is 0 Å². The molecule has 0 aliphatic heterocycles. The van der Waals surface area contributed by atoms with Gasteiger partial charge in [-0.3, -0.25) is 0 Å². The van der Waals surface area contributed by atoms with Gasteiger partial charge in [0.25, 0.3) is 0 Å². The van der Waals surface area contributed by atoms with Crippen LogP contribution in [0.5, 0.6) is 0 Å². The van der Waals surface area contributed by atoms with Gasteiger partial charge < -0.3 is 0 Å². The monoisotopic (exact) mass is 475 g/mol. The predicted molar refractivity (Wildman–Crippen MR) is 89.3 cm³/mol. The lowest BCUT2D eigenvalue weighted by molar-refractivity contribution is 0.398. The third-order valence-corrected chi connectivity index (χ3v) is 7.28. The first kappa shape index (κ1) is 17.6. The first-order valence-electron chi connectivity index (χ1n) is 5.85. The SMILES string of the molecule is CCC(CC)(CBr)NS(=O)(=O)c1cc(Br)ccc1Br. The third kappa shape index (κ3) is 4.27. The van der Waals surface area contributed by atoms with Gasteiger partial charge in [0.05, 0.1) is 4.90 Å². The summed E-state index contributed by atoms with van der Waals surface area (Å²) in [6.45, 7) is 3.95. The van der Waals surface area contributed by atoms with E-state index in [9.17, 15) is 8.42 Å². The molecule has 0 atom stereocenters. The molecular formula is C12H16Br3NO2S. The highest BCUT2D eigenvalue weighted by Gasteiger charge is 2.32. The van der Waals surface area contributed by atoms with Crippen molar-refractivity contribution in [3.05, 3.63) is 27.1 Å². The number of hydrogen-bond acceptors (Lipinski definition) is 2. The number of benzene rings is 1. The smallest absolute Gasteiger partial charge is 0.207 e. The summed E-state index contributed by atoms with van der Waals surface area (Å²) in [4.78, 5) is 0.245. The second-order valence-corrected chi connectivity index (χ2v) is 8.28. The van der Waals surface area contributed by atoms with Gasteiger partial charge in [-0.15, -0.1) is 0 Å². The summed E-state index contributed by atoms with van der Waals surface area (Å²) in [5.41, 5.74) is -0.458. The van der Waals surface area contributed by atoms with Gasteiger partial charge in [0, 0.05) is 19.8 Å². The molecule has 1 rings (SSSR count). The van der Waals surface area contributed by atoms with E-state index in [0.717, 1.165) is 17.3 Å². The molecule has 1 N–H and O–H groups in total. The lowest BCUT2D eigenvalue weighted by atomic mass is 9.97. The minimum Gasteiger partial charge on any atom is -0.207 e. The quantitative estimate of drug-likeness (QED) is 0.615. The van der Waals surface area contributed by atoms with Crippen molar-refractivity contribution in [1.29, 1.82) is 0 Å². The minimum atomic E-state index is -3.56. The fourth-order valence-electron chi connectivity index (χ4n) is 1.63. The van der Waals surface area contributed by atoms with Gasteiger partial charge in [-0.1, -0.05) is 45.7 Å². The fraction of sp³-hybridized carbons (Fsp3) is 0.500. The Morgan fingerprint density at radius 3 is 2.26 bits per heavy atom. The molecule has 1 aromatic rings. The molecule has 0 saturated heterocycles. The molecule has 19 heavy (non-hydrogen) atoms. The number of rotatable bonds is 6. The summed E-state index contributed by atoms with van der Waals surface area (Å²) in [7, 11) is -3.56. The highest BCUT2D eigenvalue weighted by molar-refractivity contribution is 9.11. The van der Waals surface area contributed by atoms with Crippen molar-refractivity contribution in [1.82, 2.24) is 4.72 Å². The van der Waals surface area contributed by atoms with Crippen LogP contribution in [0.4, 0.5) is 0 Å². The van der Waals surface area contributed by atoms with E-state index in [0.29, 0.717) is 9.80 Å². The average molecular weight is 478 g/mol. The van der Waals surface area contributed by atoms with E-state index in [1.165, 1.54) is 0 Å². The Hall–Kier alpha value is 0.570. The van der Waals surface area contributed by atoms with E-state index < -0.39 is 15.6 Å². The van der Waals surface area contributed by atoms with E-state index >= 15 is 0 Å². The Bertz CT molecular complexity index is 534. The summed E-state index contributed by atoms with van der Waals surface area (Å²) in [6.07, 6.45) is 1.44. The zero-order valence-corrected chi connectivity index (χ0v) is 16.3. The van der Waals surface area contributed by atoms with Crippen LogP contribution >= 0.6 is 47.8 Å². The van der Waals surface area contributed by atoms with Crippen LogP contribution < -0.4 is 4.72 Å². The maximum atomic E-state index is 12.5. The van der Waals surface area contributed by atoms with Gasteiger partial charge in [0.1, 0.15) is 0 Å². The van der Waals surface area contributed by atoms with E-state index in [1.807, 2.05) is 13.8 Å². The Balaban J connectivity index is 3.21. The molecule has 1 aromatic carbocycles. The number of hydrogen-bond donors (Lipinski definition) is 1. The van der Waals surface area contributed by atoms with Crippen LogP contribution in [-0.4, -0.2) is 19.3 Å². The molecule has 108 valence electrons. The first-order valence-corrected chi connectivity index (χ1v) is 10.0. The molecule has 0 fully saturated rings. The zero-order chi connectivity index (χ0) is 14.7. The normalized spacial score (nSPS) is 12.7. The topological polar surface area (TPSA) is 46.2 Å². The maximum Gasteiger partial charge on any atom is 0.242 e. The van der Waals surface area contributed by atoms with Crippen LogP contribution in [0.15, 0.2) is 32.0 Å². The van der Waals surface area contributed by atoms with E-state index in [-0.39, 0.29) is 4.90 Å². The van der Waals surface area contributed by atoms with Crippen LogP contribution in [0.1, 0.15) is 26.7 Å². The molecule has 0 heterocycles. The van der Waals surface area contributed by atoms with Crippen molar-refractivity contribution in [2.75, 3.05) is 5.33 Å². The molecule has 0 amide bonds. The van der Waals surface area contributed by atoms with Crippen molar-refractivity contribution in [3.63, 3.8) is 0 Å². The highest BCUT2D eigenvalue weighted by Crippen LogP contribution is 2.28. The van der Waals surface area contributed by atoms with Gasteiger partial charge >= 0.3 is 0 Å². The maximum absolute atomic E-state index is 12.5. The molecule has 0 bridgehead atoms. The van der Waals surface area contributed by atoms with Crippen LogP contribution in [0, 0.1) is 0 Å². The first-order chi connectivity index (χ1) is 8.80. The predicted octanol–water partition coefficient (Wildman–Crippen LogP) is 4.44. The van der Waals surface area contributed by atoms with Gasteiger partial charge in [-0.2, -0.15) is 0 Å². The number of halogens is 3. The third-order valence-electron chi connectivity index (χ3n) is 3.14. The van der Waals surface area contributed by atoms with Crippen molar-refractivity contribution in [3.8, 4) is 0 Å². The van der Waals surface area contributed by atoms with E-state index in [1.54, 1.807) is 18.2 Å². The number of alkyl halides is 1. The second kappa shape index (κ2) is 7.02. The van der Waals surface area contributed by atoms with Gasteiger partial charge in [0.15, 0.2) is 0 Å². The van der Waals surface area contributed by atoms with Gasteiger partial charge in [-0.25, -0.2) is 13.1 Å². The second-order valence-electron chi connectivity index (χ2n) is 4.30. The van der Waals surface area contributed by atoms with Crippen molar-refractivity contribution in [2.45, 2.75) is 37.1 Å². The zero-order valence-electron chi connectivity index (χ0n) is 10.7. The molecule has 0 aliphatic carbocycles. The van der Waals surface area contributed by atoms with E-state index in [2.05, 4.69) is 52.5 Å². The summed E-state index contributed by atoms with van der Waals surface area (Å²) in [6, 6.07) is 5.10. The number of nitrogens with one attached hydrogen (secondary N) is 1. The summed E-state index contributed by atoms with van der Waals surface area (Å²) in [5.74, 6) is 0. The summed E-state index contributed by atoms with van der Waals surface area (Å²) >= 11 is 9.99. The Kier molecular flexibility index (Phi) is 6.51. The van der Waals surface area contributed by atoms with Gasteiger partial charge in [-0.05, 0) is 47.0 Å². The largest absolute Gasteiger partial charge is 0.242 e. The van der Waals surface area contributed by atoms with E-state index in [4.69, 9.17) is 0 Å². The Morgan fingerprint density at radius 1 is 1.21 bits per heavy atom. The average Bonchev–Trinajstić information content (AvgIpc) is 2.39. The molecule has 3 nitrogen and oxygen atoms in total. The van der Waals surface area contributed by atoms with Crippen molar-refractivity contribution >= 4 is 57.8 Å². The molecular weight excluding hydrogens is 462 g/mol.